The van der Waals surface area contributed by atoms with Crippen LogP contribution in [0.25, 0.3) is 5.69 Å². The average molecular weight is 368 g/mol. The summed E-state index contributed by atoms with van der Waals surface area (Å²) in [5.74, 6) is 2.34. The molecule has 1 aliphatic rings. The summed E-state index contributed by atoms with van der Waals surface area (Å²) in [6, 6.07) is 10.6. The number of aromatic nitrogens is 5. The van der Waals surface area contributed by atoms with Crippen molar-refractivity contribution in [2.24, 2.45) is 0 Å². The number of anilines is 1. The van der Waals surface area contributed by atoms with Gasteiger partial charge < -0.3 is 10.1 Å². The monoisotopic (exact) mass is 368 g/mol. The highest BCUT2D eigenvalue weighted by Gasteiger charge is 2.18. The summed E-state index contributed by atoms with van der Waals surface area (Å²) < 4.78 is 7.38. The van der Waals surface area contributed by atoms with Crippen LogP contribution in [0.2, 0.25) is 0 Å². The molecule has 4 rings (SSSR count). The molecule has 0 aliphatic carbocycles. The van der Waals surface area contributed by atoms with E-state index in [0.717, 1.165) is 23.6 Å². The van der Waals surface area contributed by atoms with Gasteiger partial charge in [0.15, 0.2) is 0 Å². The Morgan fingerprint density at radius 1 is 1.27 bits per heavy atom. The lowest BCUT2D eigenvalue weighted by atomic mass is 10.2. The van der Waals surface area contributed by atoms with E-state index < -0.39 is 0 Å². The molecule has 1 amide bonds. The normalized spacial score (nSPS) is 16.4. The molecule has 132 valence electrons. The van der Waals surface area contributed by atoms with Gasteiger partial charge in [-0.25, -0.2) is 9.67 Å². The van der Waals surface area contributed by atoms with Gasteiger partial charge >= 0.3 is 0 Å². The summed E-state index contributed by atoms with van der Waals surface area (Å²) in [6.07, 6.45) is 4.28. The maximum atomic E-state index is 12.5. The maximum Gasteiger partial charge on any atom is 0.255 e. The molecule has 1 aliphatic heterocycles. The Hall–Kier alpha value is -2.94. The Kier molecular flexibility index (Phi) is 4.78. The van der Waals surface area contributed by atoms with E-state index in [1.807, 2.05) is 23.9 Å². The van der Waals surface area contributed by atoms with Crippen LogP contribution in [0, 0.1) is 0 Å². The smallest absolute Gasteiger partial charge is 0.255 e. The SMILES string of the molecule is O=C(Nc1ccc(-n2cnnn2)cc1)c1ccnc(OC2CCSC2)c1. The third-order valence-electron chi connectivity index (χ3n) is 3.91. The predicted molar refractivity (Wildman–Crippen MR) is 97.7 cm³/mol. The number of nitrogens with zero attached hydrogens (tertiary/aromatic N) is 5. The Morgan fingerprint density at radius 2 is 2.15 bits per heavy atom. The van der Waals surface area contributed by atoms with Gasteiger partial charge in [-0.15, -0.1) is 5.10 Å². The van der Waals surface area contributed by atoms with Gasteiger partial charge in [0.25, 0.3) is 5.91 Å². The third kappa shape index (κ3) is 3.83. The molecule has 1 fully saturated rings. The van der Waals surface area contributed by atoms with E-state index in [1.165, 1.54) is 6.33 Å². The molecule has 2 aromatic heterocycles. The van der Waals surface area contributed by atoms with E-state index in [0.29, 0.717) is 17.1 Å². The molecule has 1 aromatic carbocycles. The zero-order valence-corrected chi connectivity index (χ0v) is 14.6. The van der Waals surface area contributed by atoms with Gasteiger partial charge in [0, 0.05) is 29.3 Å². The van der Waals surface area contributed by atoms with E-state index in [1.54, 1.807) is 35.1 Å². The number of tetrazole rings is 1. The van der Waals surface area contributed by atoms with Gasteiger partial charge in [0.2, 0.25) is 5.88 Å². The first-order valence-electron chi connectivity index (χ1n) is 8.13. The van der Waals surface area contributed by atoms with Crippen LogP contribution in [0.1, 0.15) is 16.8 Å². The second-order valence-corrected chi connectivity index (χ2v) is 6.89. The van der Waals surface area contributed by atoms with Crippen molar-refractivity contribution in [3.63, 3.8) is 0 Å². The minimum absolute atomic E-state index is 0.171. The number of pyridine rings is 1. The molecule has 0 saturated carbocycles. The number of rotatable bonds is 5. The minimum atomic E-state index is -0.215. The van der Waals surface area contributed by atoms with E-state index in [-0.39, 0.29) is 12.0 Å². The first kappa shape index (κ1) is 16.5. The van der Waals surface area contributed by atoms with Crippen LogP contribution in [0.5, 0.6) is 5.88 Å². The Labute approximate surface area is 154 Å². The van der Waals surface area contributed by atoms with Crippen molar-refractivity contribution in [2.45, 2.75) is 12.5 Å². The lowest BCUT2D eigenvalue weighted by Gasteiger charge is -2.12. The second-order valence-electron chi connectivity index (χ2n) is 5.74. The van der Waals surface area contributed by atoms with Crippen LogP contribution in [-0.4, -0.2) is 48.7 Å². The van der Waals surface area contributed by atoms with Crippen molar-refractivity contribution >= 4 is 23.4 Å². The standard InChI is InChI=1S/C17H16N6O2S/c24-17(12-5-7-18-16(9-12)25-15-6-8-26-10-15)20-13-1-3-14(4-2-13)23-11-19-21-22-23/h1-5,7,9,11,15H,6,8,10H2,(H,20,24). The first-order chi connectivity index (χ1) is 12.8. The highest BCUT2D eigenvalue weighted by Crippen LogP contribution is 2.22. The fourth-order valence-corrected chi connectivity index (χ4v) is 3.67. The minimum Gasteiger partial charge on any atom is -0.473 e. The summed E-state index contributed by atoms with van der Waals surface area (Å²) in [5, 5.41) is 13.9. The molecule has 3 aromatic rings. The van der Waals surface area contributed by atoms with Crippen LogP contribution in [0.3, 0.4) is 0 Å². The fourth-order valence-electron chi connectivity index (χ4n) is 2.57. The van der Waals surface area contributed by atoms with Gasteiger partial charge in [0.1, 0.15) is 12.4 Å². The molecular weight excluding hydrogens is 352 g/mol. The summed E-state index contributed by atoms with van der Waals surface area (Å²) in [5.41, 5.74) is 1.99. The third-order valence-corrected chi connectivity index (χ3v) is 5.04. The second kappa shape index (κ2) is 7.52. The predicted octanol–water partition coefficient (Wildman–Crippen LogP) is 2.19. The highest BCUT2D eigenvalue weighted by molar-refractivity contribution is 7.99. The van der Waals surface area contributed by atoms with E-state index in [2.05, 4.69) is 25.8 Å². The van der Waals surface area contributed by atoms with Crippen molar-refractivity contribution in [2.75, 3.05) is 16.8 Å². The quantitative estimate of drug-likeness (QED) is 0.737. The van der Waals surface area contributed by atoms with Gasteiger partial charge in [-0.3, -0.25) is 4.79 Å². The Balaban J connectivity index is 1.42. The Bertz CT molecular complexity index is 879. The van der Waals surface area contributed by atoms with Crippen LogP contribution in [0.15, 0.2) is 48.9 Å². The summed E-state index contributed by atoms with van der Waals surface area (Å²) in [4.78, 5) is 16.7. The van der Waals surface area contributed by atoms with Crippen LogP contribution in [-0.2, 0) is 0 Å². The number of carbonyl (C=O) groups is 1. The number of nitrogens with one attached hydrogen (secondary N) is 1. The van der Waals surface area contributed by atoms with Crippen LogP contribution in [0.4, 0.5) is 5.69 Å². The van der Waals surface area contributed by atoms with E-state index in [4.69, 9.17) is 4.74 Å². The molecule has 1 saturated heterocycles. The Morgan fingerprint density at radius 3 is 2.88 bits per heavy atom. The fraction of sp³-hybridized carbons (Fsp3) is 0.235. The van der Waals surface area contributed by atoms with Crippen molar-refractivity contribution in [1.82, 2.24) is 25.2 Å². The average Bonchev–Trinajstić information content (AvgIpc) is 3.36. The molecule has 8 nitrogen and oxygen atoms in total. The van der Waals surface area contributed by atoms with Gasteiger partial charge in [0.05, 0.1) is 5.69 Å². The van der Waals surface area contributed by atoms with Crippen LogP contribution >= 0.6 is 11.8 Å². The number of ether oxygens (including phenoxy) is 1. The summed E-state index contributed by atoms with van der Waals surface area (Å²) in [7, 11) is 0. The zero-order chi connectivity index (χ0) is 17.8. The molecule has 9 heteroatoms. The number of carbonyl (C=O) groups excluding carboxylic acids is 1. The van der Waals surface area contributed by atoms with E-state index in [9.17, 15) is 4.79 Å². The lowest BCUT2D eigenvalue weighted by Crippen LogP contribution is -2.17. The molecule has 3 heterocycles. The van der Waals surface area contributed by atoms with Gasteiger partial charge in [-0.1, -0.05) is 0 Å². The number of thioether (sulfide) groups is 1. The molecule has 0 spiro atoms. The number of hydrogen-bond acceptors (Lipinski definition) is 7. The van der Waals surface area contributed by atoms with E-state index >= 15 is 0 Å². The van der Waals surface area contributed by atoms with Crippen LogP contribution < -0.4 is 10.1 Å². The van der Waals surface area contributed by atoms with Crippen molar-refractivity contribution in [3.05, 3.63) is 54.5 Å². The molecule has 1 unspecified atom stereocenters. The maximum absolute atomic E-state index is 12.5. The largest absolute Gasteiger partial charge is 0.473 e. The summed E-state index contributed by atoms with van der Waals surface area (Å²) >= 11 is 1.87. The van der Waals surface area contributed by atoms with Crippen molar-refractivity contribution < 1.29 is 9.53 Å². The summed E-state index contributed by atoms with van der Waals surface area (Å²) in [6.45, 7) is 0. The number of benzene rings is 1. The topological polar surface area (TPSA) is 94.8 Å². The van der Waals surface area contributed by atoms with Gasteiger partial charge in [-0.2, -0.15) is 11.8 Å². The highest BCUT2D eigenvalue weighted by atomic mass is 32.2. The molecule has 1 N–H and O–H groups in total. The molecule has 0 radical (unpaired) electrons. The van der Waals surface area contributed by atoms with Gasteiger partial charge in [-0.05, 0) is 52.9 Å². The molecule has 1 atom stereocenters. The number of hydrogen-bond donors (Lipinski definition) is 1. The lowest BCUT2D eigenvalue weighted by molar-refractivity contribution is 0.102. The first-order valence-corrected chi connectivity index (χ1v) is 9.29. The van der Waals surface area contributed by atoms with Crippen molar-refractivity contribution in [1.29, 1.82) is 0 Å². The molecule has 26 heavy (non-hydrogen) atoms. The molecular formula is C17H16N6O2S. The molecule has 0 bridgehead atoms. The van der Waals surface area contributed by atoms with Crippen molar-refractivity contribution in [3.8, 4) is 11.6 Å². The number of amides is 1. The zero-order valence-electron chi connectivity index (χ0n) is 13.8.